The van der Waals surface area contributed by atoms with Crippen molar-refractivity contribution in [3.8, 4) is 0 Å². The maximum absolute atomic E-state index is 13.2. The number of aliphatic hydroxyl groups is 1. The second-order valence-corrected chi connectivity index (χ2v) is 7.67. The fourth-order valence-electron chi connectivity index (χ4n) is 1.98. The van der Waals surface area contributed by atoms with Crippen LogP contribution in [0.4, 0.5) is 4.39 Å². The Kier molecular flexibility index (Phi) is 4.81. The molecule has 112 valence electrons. The smallest absolute Gasteiger partial charge is 0.175 e. The van der Waals surface area contributed by atoms with Crippen LogP contribution >= 0.6 is 15.9 Å². The monoisotopic (exact) mass is 372 g/mol. The van der Waals surface area contributed by atoms with E-state index in [0.29, 0.717) is 15.6 Å². The summed E-state index contributed by atoms with van der Waals surface area (Å²) in [5.41, 5.74) is 1.10. The minimum absolute atomic E-state index is 0.150. The van der Waals surface area contributed by atoms with Gasteiger partial charge in [-0.1, -0.05) is 28.1 Å². The largest absolute Gasteiger partial charge is 0.388 e. The molecule has 0 aliphatic carbocycles. The van der Waals surface area contributed by atoms with Crippen LogP contribution in [0.1, 0.15) is 17.2 Å². The topological polar surface area (TPSA) is 54.4 Å². The van der Waals surface area contributed by atoms with Crippen molar-refractivity contribution in [3.63, 3.8) is 0 Å². The number of halogens is 2. The highest BCUT2D eigenvalue weighted by Gasteiger charge is 2.14. The van der Waals surface area contributed by atoms with E-state index in [4.69, 9.17) is 0 Å². The van der Waals surface area contributed by atoms with Gasteiger partial charge < -0.3 is 5.11 Å². The Hall–Kier alpha value is -1.24. The summed E-state index contributed by atoms with van der Waals surface area (Å²) in [5, 5.41) is 10.2. The highest BCUT2D eigenvalue weighted by Crippen LogP contribution is 2.25. The highest BCUT2D eigenvalue weighted by atomic mass is 79.9. The van der Waals surface area contributed by atoms with E-state index in [1.165, 1.54) is 24.3 Å². The molecular weight excluding hydrogens is 359 g/mol. The molecule has 0 saturated heterocycles. The number of hydrogen-bond donors (Lipinski definition) is 1. The summed E-state index contributed by atoms with van der Waals surface area (Å²) >= 11 is 3.30. The fraction of sp³-hybridized carbons (Fsp3) is 0.200. The van der Waals surface area contributed by atoms with Crippen molar-refractivity contribution in [2.45, 2.75) is 17.4 Å². The third kappa shape index (κ3) is 4.12. The summed E-state index contributed by atoms with van der Waals surface area (Å²) in [6, 6.07) is 10.4. The van der Waals surface area contributed by atoms with Gasteiger partial charge in [-0.3, -0.25) is 0 Å². The molecule has 0 aliphatic rings. The molecule has 1 atom stereocenters. The molecule has 0 radical (unpaired) electrons. The number of benzene rings is 2. The summed E-state index contributed by atoms with van der Waals surface area (Å²) in [5.74, 6) is -0.384. The molecule has 0 aromatic heterocycles. The Labute approximate surface area is 131 Å². The molecule has 0 aliphatic heterocycles. The second-order valence-electron chi connectivity index (χ2n) is 4.80. The molecule has 2 rings (SSSR count). The first kappa shape index (κ1) is 16.1. The third-order valence-electron chi connectivity index (χ3n) is 3.09. The van der Waals surface area contributed by atoms with Crippen LogP contribution < -0.4 is 0 Å². The molecule has 0 amide bonds. The molecule has 21 heavy (non-hydrogen) atoms. The lowest BCUT2D eigenvalue weighted by Crippen LogP contribution is -2.05. The van der Waals surface area contributed by atoms with Gasteiger partial charge in [0.15, 0.2) is 9.84 Å². The predicted octanol–water partition coefficient (Wildman–Crippen LogP) is 3.27. The van der Waals surface area contributed by atoms with Gasteiger partial charge >= 0.3 is 0 Å². The van der Waals surface area contributed by atoms with E-state index in [9.17, 15) is 17.9 Å². The maximum atomic E-state index is 13.2. The molecule has 0 spiro atoms. The Bertz CT molecular complexity index is 759. The van der Waals surface area contributed by atoms with E-state index in [-0.39, 0.29) is 17.1 Å². The van der Waals surface area contributed by atoms with E-state index in [0.717, 1.165) is 6.26 Å². The van der Waals surface area contributed by atoms with Crippen molar-refractivity contribution in [1.29, 1.82) is 0 Å². The first-order chi connectivity index (χ1) is 9.77. The van der Waals surface area contributed by atoms with Crippen molar-refractivity contribution in [1.82, 2.24) is 0 Å². The third-order valence-corrected chi connectivity index (χ3v) is 4.98. The summed E-state index contributed by atoms with van der Waals surface area (Å²) in [6.45, 7) is 0. The zero-order chi connectivity index (χ0) is 15.6. The summed E-state index contributed by atoms with van der Waals surface area (Å²) in [7, 11) is -3.33. The number of rotatable bonds is 4. The lowest BCUT2D eigenvalue weighted by atomic mass is 10.0. The highest BCUT2D eigenvalue weighted by molar-refractivity contribution is 9.10. The van der Waals surface area contributed by atoms with Crippen LogP contribution in [0, 0.1) is 5.82 Å². The molecule has 1 unspecified atom stereocenters. The Balaban J connectivity index is 2.28. The fourth-order valence-corrected chi connectivity index (χ4v) is 3.06. The van der Waals surface area contributed by atoms with Gasteiger partial charge in [-0.25, -0.2) is 12.8 Å². The van der Waals surface area contributed by atoms with Gasteiger partial charge in [-0.05, 0) is 41.5 Å². The van der Waals surface area contributed by atoms with E-state index < -0.39 is 15.9 Å². The van der Waals surface area contributed by atoms with Crippen molar-refractivity contribution in [2.75, 3.05) is 6.26 Å². The molecule has 0 saturated carbocycles. The van der Waals surface area contributed by atoms with Gasteiger partial charge in [0.2, 0.25) is 0 Å². The zero-order valence-corrected chi connectivity index (χ0v) is 13.7. The average molecular weight is 373 g/mol. The Morgan fingerprint density at radius 2 is 1.95 bits per heavy atom. The average Bonchev–Trinajstić information content (AvgIpc) is 2.42. The van der Waals surface area contributed by atoms with E-state index in [2.05, 4.69) is 15.9 Å². The Morgan fingerprint density at radius 1 is 1.24 bits per heavy atom. The van der Waals surface area contributed by atoms with Crippen molar-refractivity contribution in [3.05, 3.63) is 63.9 Å². The number of hydrogen-bond acceptors (Lipinski definition) is 3. The second kappa shape index (κ2) is 6.25. The SMILES string of the molecule is CS(=O)(=O)c1cccc(C(O)Cc2cc(F)ccc2Br)c1. The van der Waals surface area contributed by atoms with Gasteiger partial charge in [-0.15, -0.1) is 0 Å². The molecule has 2 aromatic carbocycles. The molecule has 2 aromatic rings. The lowest BCUT2D eigenvalue weighted by molar-refractivity contribution is 0.178. The molecule has 0 heterocycles. The summed E-state index contributed by atoms with van der Waals surface area (Å²) < 4.78 is 37.0. The standard InChI is InChI=1S/C15H14BrFO3S/c1-21(19,20)13-4-2-3-10(8-13)15(18)9-11-7-12(17)5-6-14(11)16/h2-8,15,18H,9H2,1H3. The van der Waals surface area contributed by atoms with Crippen molar-refractivity contribution in [2.24, 2.45) is 0 Å². The van der Waals surface area contributed by atoms with E-state index in [1.54, 1.807) is 18.2 Å². The molecule has 3 nitrogen and oxygen atoms in total. The molecule has 1 N–H and O–H groups in total. The van der Waals surface area contributed by atoms with Gasteiger partial charge in [-0.2, -0.15) is 0 Å². The first-order valence-electron chi connectivity index (χ1n) is 6.19. The lowest BCUT2D eigenvalue weighted by Gasteiger charge is -2.13. The van der Waals surface area contributed by atoms with Crippen LogP contribution in [0.15, 0.2) is 51.8 Å². The molecular formula is C15H14BrFO3S. The minimum Gasteiger partial charge on any atom is -0.388 e. The van der Waals surface area contributed by atoms with Crippen LogP contribution in [-0.4, -0.2) is 19.8 Å². The van der Waals surface area contributed by atoms with Gasteiger partial charge in [0, 0.05) is 17.1 Å². The van der Waals surface area contributed by atoms with E-state index in [1.807, 2.05) is 0 Å². The zero-order valence-electron chi connectivity index (χ0n) is 11.3. The first-order valence-corrected chi connectivity index (χ1v) is 8.88. The molecule has 0 bridgehead atoms. The van der Waals surface area contributed by atoms with Crippen LogP contribution in [0.2, 0.25) is 0 Å². The van der Waals surface area contributed by atoms with Crippen LogP contribution in [-0.2, 0) is 16.3 Å². The maximum Gasteiger partial charge on any atom is 0.175 e. The van der Waals surface area contributed by atoms with Gasteiger partial charge in [0.05, 0.1) is 11.0 Å². The Morgan fingerprint density at radius 3 is 2.62 bits per heavy atom. The molecule has 0 fully saturated rings. The van der Waals surface area contributed by atoms with Crippen molar-refractivity contribution < 1.29 is 17.9 Å². The number of aliphatic hydroxyl groups excluding tert-OH is 1. The molecule has 6 heteroatoms. The predicted molar refractivity (Wildman–Crippen MR) is 82.3 cm³/mol. The van der Waals surface area contributed by atoms with Gasteiger partial charge in [0.1, 0.15) is 5.82 Å². The number of sulfone groups is 1. The normalized spacial score (nSPS) is 13.1. The van der Waals surface area contributed by atoms with Gasteiger partial charge in [0.25, 0.3) is 0 Å². The van der Waals surface area contributed by atoms with Crippen LogP contribution in [0.5, 0.6) is 0 Å². The minimum atomic E-state index is -3.33. The quantitative estimate of drug-likeness (QED) is 0.895. The van der Waals surface area contributed by atoms with Crippen LogP contribution in [0.3, 0.4) is 0 Å². The van der Waals surface area contributed by atoms with E-state index >= 15 is 0 Å². The van der Waals surface area contributed by atoms with Crippen molar-refractivity contribution >= 4 is 25.8 Å². The summed E-state index contributed by atoms with van der Waals surface area (Å²) in [6.07, 6.45) is 0.387. The van der Waals surface area contributed by atoms with Crippen LogP contribution in [0.25, 0.3) is 0 Å². The summed E-state index contributed by atoms with van der Waals surface area (Å²) in [4.78, 5) is 0.150.